The number of aliphatic hydroxyl groups excluding tert-OH is 5. The van der Waals surface area contributed by atoms with Gasteiger partial charge in [0.15, 0.2) is 6.29 Å². The molecule has 3 heterocycles. The van der Waals surface area contributed by atoms with E-state index in [4.69, 9.17) is 14.2 Å². The van der Waals surface area contributed by atoms with Gasteiger partial charge in [-0.2, -0.15) is 0 Å². The van der Waals surface area contributed by atoms with Gasteiger partial charge in [-0.05, 0) is 27.2 Å². The summed E-state index contributed by atoms with van der Waals surface area (Å²) < 4.78 is 17.4. The Morgan fingerprint density at radius 3 is 2.25 bits per heavy atom. The molecule has 1 aliphatic carbocycles. The van der Waals surface area contributed by atoms with Gasteiger partial charge in [0.05, 0.1) is 30.0 Å². The second-order valence-corrected chi connectivity index (χ2v) is 7.95. The summed E-state index contributed by atoms with van der Waals surface area (Å²) in [7, 11) is 0. The minimum absolute atomic E-state index is 0.116. The molecule has 140 valence electrons. The summed E-state index contributed by atoms with van der Waals surface area (Å²) in [5.74, 6) is -0.116. The molecule has 1 saturated carbocycles. The quantitative estimate of drug-likeness (QED) is 0.417. The van der Waals surface area contributed by atoms with Crippen molar-refractivity contribution in [3.8, 4) is 0 Å². The Labute approximate surface area is 141 Å². The standard InChI is InChI=1S/C16H28O8/c1-15(2)7-4-10(16(3,24-15)5-8(7)18)23-14-13(21)12(20)11(19)9(6-17)22-14/h7-14,17-21H,4-6H2,1-3H3/t7?,8?,9-,10?,11-,12+,13-,14+,16?/m1/s1. The molecule has 0 aromatic carbocycles. The third-order valence-electron chi connectivity index (χ3n) is 5.76. The Kier molecular flexibility index (Phi) is 4.72. The van der Waals surface area contributed by atoms with Gasteiger partial charge in [0.2, 0.25) is 0 Å². The fourth-order valence-corrected chi connectivity index (χ4v) is 4.40. The van der Waals surface area contributed by atoms with Crippen molar-refractivity contribution in [3.05, 3.63) is 0 Å². The van der Waals surface area contributed by atoms with Crippen LogP contribution in [0.1, 0.15) is 33.6 Å². The maximum Gasteiger partial charge on any atom is 0.187 e. The molecule has 24 heavy (non-hydrogen) atoms. The Balaban J connectivity index is 1.75. The monoisotopic (exact) mass is 348 g/mol. The zero-order chi connectivity index (χ0) is 17.9. The third kappa shape index (κ3) is 2.89. The molecule has 4 unspecified atom stereocenters. The first-order chi connectivity index (χ1) is 11.1. The molecule has 0 amide bonds. The van der Waals surface area contributed by atoms with Crippen molar-refractivity contribution < 1.29 is 39.7 Å². The van der Waals surface area contributed by atoms with Crippen molar-refractivity contribution in [2.75, 3.05) is 6.61 Å². The van der Waals surface area contributed by atoms with Crippen molar-refractivity contribution >= 4 is 0 Å². The van der Waals surface area contributed by atoms with Crippen molar-refractivity contribution in [3.63, 3.8) is 0 Å². The first-order valence-electron chi connectivity index (χ1n) is 8.43. The topological polar surface area (TPSA) is 129 Å². The van der Waals surface area contributed by atoms with Crippen molar-refractivity contribution in [1.82, 2.24) is 0 Å². The fourth-order valence-electron chi connectivity index (χ4n) is 4.40. The molecule has 0 radical (unpaired) electrons. The van der Waals surface area contributed by atoms with E-state index in [2.05, 4.69) is 0 Å². The molecule has 3 aliphatic heterocycles. The van der Waals surface area contributed by atoms with Crippen LogP contribution in [0.3, 0.4) is 0 Å². The van der Waals surface area contributed by atoms with Crippen LogP contribution >= 0.6 is 0 Å². The van der Waals surface area contributed by atoms with Gasteiger partial charge < -0.3 is 39.7 Å². The lowest BCUT2D eigenvalue weighted by Crippen LogP contribution is -2.68. The lowest BCUT2D eigenvalue weighted by molar-refractivity contribution is -0.363. The summed E-state index contributed by atoms with van der Waals surface area (Å²) in [5, 5.41) is 49.4. The highest BCUT2D eigenvalue weighted by atomic mass is 16.7. The average Bonchev–Trinajstić information content (AvgIpc) is 2.47. The second kappa shape index (κ2) is 6.14. The second-order valence-electron chi connectivity index (χ2n) is 7.95. The minimum atomic E-state index is -1.47. The van der Waals surface area contributed by atoms with E-state index in [-0.39, 0.29) is 5.92 Å². The van der Waals surface area contributed by atoms with E-state index in [0.717, 1.165) is 0 Å². The first-order valence-corrected chi connectivity index (χ1v) is 8.43. The smallest absolute Gasteiger partial charge is 0.187 e. The summed E-state index contributed by atoms with van der Waals surface area (Å²) in [6, 6.07) is 0. The van der Waals surface area contributed by atoms with E-state index in [0.29, 0.717) is 12.8 Å². The summed E-state index contributed by atoms with van der Waals surface area (Å²) in [6.45, 7) is 5.21. The van der Waals surface area contributed by atoms with E-state index >= 15 is 0 Å². The molecular formula is C16H28O8. The van der Waals surface area contributed by atoms with Crippen LogP contribution in [0.2, 0.25) is 0 Å². The molecule has 8 nitrogen and oxygen atoms in total. The third-order valence-corrected chi connectivity index (χ3v) is 5.76. The SMILES string of the molecule is CC1(C)OC2(C)CC(O)C1CC2O[C@@H]1O[C@H](CO)[C@@H](O)[C@H](O)[C@H]1O. The maximum absolute atomic E-state index is 10.3. The molecule has 8 heteroatoms. The first kappa shape index (κ1) is 18.5. The number of hydrogen-bond donors (Lipinski definition) is 5. The molecule has 2 bridgehead atoms. The van der Waals surface area contributed by atoms with Crippen LogP contribution in [0, 0.1) is 5.92 Å². The summed E-state index contributed by atoms with van der Waals surface area (Å²) in [5.41, 5.74) is -1.24. The van der Waals surface area contributed by atoms with Crippen LogP contribution in [0.5, 0.6) is 0 Å². The van der Waals surface area contributed by atoms with E-state index in [9.17, 15) is 25.5 Å². The molecule has 0 spiro atoms. The minimum Gasteiger partial charge on any atom is -0.394 e. The number of fused-ring (bicyclic) bond motifs is 3. The predicted octanol–water partition coefficient (Wildman–Crippen LogP) is -1.49. The van der Waals surface area contributed by atoms with Crippen LogP contribution in [0.15, 0.2) is 0 Å². The van der Waals surface area contributed by atoms with Gasteiger partial charge in [-0.1, -0.05) is 0 Å². The van der Waals surface area contributed by atoms with Gasteiger partial charge in [-0.25, -0.2) is 0 Å². The number of ether oxygens (including phenoxy) is 3. The summed E-state index contributed by atoms with van der Waals surface area (Å²) >= 11 is 0. The Morgan fingerprint density at radius 1 is 1.04 bits per heavy atom. The van der Waals surface area contributed by atoms with E-state index in [1.54, 1.807) is 0 Å². The normalized spacial score (nSPS) is 54.0. The highest BCUT2D eigenvalue weighted by Crippen LogP contribution is 2.51. The van der Waals surface area contributed by atoms with Crippen molar-refractivity contribution in [2.24, 2.45) is 5.92 Å². The van der Waals surface area contributed by atoms with Gasteiger partial charge in [0.1, 0.15) is 24.4 Å². The maximum atomic E-state index is 10.3. The Morgan fingerprint density at radius 2 is 1.71 bits per heavy atom. The lowest BCUT2D eigenvalue weighted by Gasteiger charge is -2.59. The molecular weight excluding hydrogens is 320 g/mol. The van der Waals surface area contributed by atoms with Gasteiger partial charge in [-0.3, -0.25) is 0 Å². The zero-order valence-corrected chi connectivity index (χ0v) is 14.2. The summed E-state index contributed by atoms with van der Waals surface area (Å²) in [4.78, 5) is 0. The highest BCUT2D eigenvalue weighted by Gasteiger charge is 2.59. The average molecular weight is 348 g/mol. The zero-order valence-electron chi connectivity index (χ0n) is 14.2. The molecule has 4 fully saturated rings. The largest absolute Gasteiger partial charge is 0.394 e. The molecule has 4 aliphatic rings. The van der Waals surface area contributed by atoms with Crippen LogP contribution < -0.4 is 0 Å². The van der Waals surface area contributed by atoms with Gasteiger partial charge in [-0.15, -0.1) is 0 Å². The molecule has 9 atom stereocenters. The molecule has 3 saturated heterocycles. The highest BCUT2D eigenvalue weighted by molar-refractivity contribution is 5.08. The molecule has 5 N–H and O–H groups in total. The summed E-state index contributed by atoms with van der Waals surface area (Å²) in [6.07, 6.45) is -6.53. The van der Waals surface area contributed by atoms with E-state index in [1.807, 2.05) is 20.8 Å². The van der Waals surface area contributed by atoms with E-state index in [1.165, 1.54) is 0 Å². The number of aliphatic hydroxyl groups is 5. The fraction of sp³-hybridized carbons (Fsp3) is 1.00. The van der Waals surface area contributed by atoms with Crippen LogP contribution in [0.4, 0.5) is 0 Å². The van der Waals surface area contributed by atoms with Crippen molar-refractivity contribution in [2.45, 2.75) is 87.7 Å². The molecule has 4 rings (SSSR count). The van der Waals surface area contributed by atoms with Gasteiger partial charge in [0.25, 0.3) is 0 Å². The lowest BCUT2D eigenvalue weighted by atomic mass is 9.65. The van der Waals surface area contributed by atoms with Crippen LogP contribution in [-0.2, 0) is 14.2 Å². The Hall–Kier alpha value is -0.320. The molecule has 0 aromatic rings. The van der Waals surface area contributed by atoms with Gasteiger partial charge >= 0.3 is 0 Å². The molecule has 0 aromatic heterocycles. The van der Waals surface area contributed by atoms with Gasteiger partial charge in [0, 0.05) is 12.3 Å². The van der Waals surface area contributed by atoms with Crippen molar-refractivity contribution in [1.29, 1.82) is 0 Å². The number of hydrogen-bond acceptors (Lipinski definition) is 8. The predicted molar refractivity (Wildman–Crippen MR) is 80.9 cm³/mol. The van der Waals surface area contributed by atoms with Crippen LogP contribution in [-0.4, -0.2) is 86.3 Å². The number of rotatable bonds is 3. The van der Waals surface area contributed by atoms with E-state index < -0.39 is 60.7 Å². The van der Waals surface area contributed by atoms with Crippen LogP contribution in [0.25, 0.3) is 0 Å². The Bertz CT molecular complexity index is 469.